The number of methoxy groups -OCH3 is 1. The zero-order chi connectivity index (χ0) is 17.8. The van der Waals surface area contributed by atoms with Crippen molar-refractivity contribution in [3.63, 3.8) is 0 Å². The van der Waals surface area contributed by atoms with E-state index in [0.29, 0.717) is 49.5 Å². The Hall–Kier alpha value is -2.93. The van der Waals surface area contributed by atoms with E-state index in [0.717, 1.165) is 0 Å². The second-order valence-corrected chi connectivity index (χ2v) is 5.48. The Morgan fingerprint density at radius 1 is 1.16 bits per heavy atom. The van der Waals surface area contributed by atoms with Gasteiger partial charge in [-0.3, -0.25) is 9.59 Å². The highest BCUT2D eigenvalue weighted by molar-refractivity contribution is 6.01. The number of hydrogen-bond acceptors (Lipinski definition) is 6. The molecule has 7 nitrogen and oxygen atoms in total. The zero-order valence-electron chi connectivity index (χ0n) is 13.7. The van der Waals surface area contributed by atoms with Crippen molar-refractivity contribution in [3.8, 4) is 11.3 Å². The summed E-state index contributed by atoms with van der Waals surface area (Å²) in [6.45, 7) is 2.03. The van der Waals surface area contributed by atoms with Crippen LogP contribution in [0.5, 0.6) is 0 Å². The number of esters is 1. The molecule has 1 aromatic carbocycles. The quantitative estimate of drug-likeness (QED) is 0.624. The van der Waals surface area contributed by atoms with Gasteiger partial charge in [0.1, 0.15) is 5.76 Å². The molecule has 1 aromatic heterocycles. The molecule has 1 fully saturated rings. The molecule has 0 aliphatic carbocycles. The van der Waals surface area contributed by atoms with Crippen LogP contribution >= 0.6 is 0 Å². The summed E-state index contributed by atoms with van der Waals surface area (Å²) in [5, 5.41) is 0. The summed E-state index contributed by atoms with van der Waals surface area (Å²) in [6.07, 6.45) is 0.573. The van der Waals surface area contributed by atoms with Crippen LogP contribution in [0.4, 0.5) is 0 Å². The van der Waals surface area contributed by atoms with E-state index in [9.17, 15) is 14.4 Å². The van der Waals surface area contributed by atoms with Gasteiger partial charge in [0.2, 0.25) is 0 Å². The predicted octanol–water partition coefficient (Wildman–Crippen LogP) is 2.02. The van der Waals surface area contributed by atoms with Crippen molar-refractivity contribution in [2.75, 3.05) is 33.4 Å². The minimum Gasteiger partial charge on any atom is -0.465 e. The highest BCUT2D eigenvalue weighted by Crippen LogP contribution is 2.28. The van der Waals surface area contributed by atoms with Crippen molar-refractivity contribution in [2.24, 2.45) is 0 Å². The Kier molecular flexibility index (Phi) is 4.95. The van der Waals surface area contributed by atoms with Crippen molar-refractivity contribution >= 4 is 18.2 Å². The van der Waals surface area contributed by atoms with Gasteiger partial charge in [-0.15, -0.1) is 0 Å². The average molecular weight is 343 g/mol. The van der Waals surface area contributed by atoms with Crippen LogP contribution in [0.25, 0.3) is 11.3 Å². The summed E-state index contributed by atoms with van der Waals surface area (Å²) in [6, 6.07) is 7.76. The normalized spacial score (nSPS) is 14.2. The van der Waals surface area contributed by atoms with Crippen LogP contribution in [0, 0.1) is 0 Å². The van der Waals surface area contributed by atoms with Crippen molar-refractivity contribution in [1.82, 2.24) is 4.90 Å². The number of ether oxygens (including phenoxy) is 2. The topological polar surface area (TPSA) is 86.0 Å². The second-order valence-electron chi connectivity index (χ2n) is 5.48. The van der Waals surface area contributed by atoms with Crippen molar-refractivity contribution in [3.05, 3.63) is 47.2 Å². The number of hydrogen-bond donors (Lipinski definition) is 0. The smallest absolute Gasteiger partial charge is 0.338 e. The van der Waals surface area contributed by atoms with E-state index in [1.54, 1.807) is 23.1 Å². The Morgan fingerprint density at radius 3 is 2.56 bits per heavy atom. The third-order valence-electron chi connectivity index (χ3n) is 3.98. The predicted molar refractivity (Wildman–Crippen MR) is 87.6 cm³/mol. The number of amides is 1. The molecule has 2 heterocycles. The van der Waals surface area contributed by atoms with Crippen LogP contribution in [-0.2, 0) is 9.47 Å². The number of benzene rings is 1. The molecule has 3 rings (SSSR count). The van der Waals surface area contributed by atoms with Crippen LogP contribution < -0.4 is 0 Å². The van der Waals surface area contributed by atoms with Gasteiger partial charge < -0.3 is 18.8 Å². The van der Waals surface area contributed by atoms with E-state index in [2.05, 4.69) is 0 Å². The Bertz CT molecular complexity index is 804. The van der Waals surface area contributed by atoms with Crippen LogP contribution in [0.2, 0.25) is 0 Å². The van der Waals surface area contributed by atoms with Crippen molar-refractivity contribution in [2.45, 2.75) is 0 Å². The first-order valence-corrected chi connectivity index (χ1v) is 7.79. The molecule has 2 aromatic rings. The fourth-order valence-corrected chi connectivity index (χ4v) is 2.68. The number of nitrogens with zero attached hydrogens (tertiary/aromatic N) is 1. The van der Waals surface area contributed by atoms with Gasteiger partial charge in [0.15, 0.2) is 12.0 Å². The fourth-order valence-electron chi connectivity index (χ4n) is 2.68. The molecule has 25 heavy (non-hydrogen) atoms. The number of rotatable bonds is 4. The first-order valence-electron chi connectivity index (χ1n) is 7.79. The molecule has 0 spiro atoms. The third-order valence-corrected chi connectivity index (χ3v) is 3.98. The van der Waals surface area contributed by atoms with Gasteiger partial charge >= 0.3 is 5.97 Å². The summed E-state index contributed by atoms with van der Waals surface area (Å²) < 4.78 is 15.5. The average Bonchev–Trinajstić information content (AvgIpc) is 3.16. The van der Waals surface area contributed by atoms with Gasteiger partial charge in [-0.25, -0.2) is 4.79 Å². The summed E-state index contributed by atoms with van der Waals surface area (Å²) in [7, 11) is 1.28. The largest absolute Gasteiger partial charge is 0.465 e. The lowest BCUT2D eigenvalue weighted by molar-refractivity contribution is 0.0302. The van der Waals surface area contributed by atoms with Crippen molar-refractivity contribution < 1.29 is 28.3 Å². The van der Waals surface area contributed by atoms with Gasteiger partial charge in [-0.1, -0.05) is 0 Å². The van der Waals surface area contributed by atoms with E-state index >= 15 is 0 Å². The van der Waals surface area contributed by atoms with E-state index in [1.165, 1.54) is 19.2 Å². The standard InChI is InChI=1S/C18H17NO6/c1-23-18(22)14-4-2-12(17(21)19-6-8-24-9-7-19)10-15(14)16-5-3-13(11-20)25-16/h2-5,10-11H,6-9H2,1H3. The number of furan rings is 1. The van der Waals surface area contributed by atoms with Gasteiger partial charge in [-0.2, -0.15) is 0 Å². The first kappa shape index (κ1) is 16.9. The molecule has 0 N–H and O–H groups in total. The van der Waals surface area contributed by atoms with E-state index in [4.69, 9.17) is 13.9 Å². The summed E-state index contributed by atoms with van der Waals surface area (Å²) >= 11 is 0. The molecular weight excluding hydrogens is 326 g/mol. The maximum atomic E-state index is 12.7. The maximum Gasteiger partial charge on any atom is 0.338 e. The van der Waals surface area contributed by atoms with Crippen LogP contribution in [0.1, 0.15) is 31.3 Å². The lowest BCUT2D eigenvalue weighted by Crippen LogP contribution is -2.40. The monoisotopic (exact) mass is 343 g/mol. The van der Waals surface area contributed by atoms with Crippen LogP contribution in [0.15, 0.2) is 34.7 Å². The zero-order valence-corrected chi connectivity index (χ0v) is 13.7. The number of morpholine rings is 1. The lowest BCUT2D eigenvalue weighted by Gasteiger charge is -2.27. The molecule has 0 radical (unpaired) electrons. The van der Waals surface area contributed by atoms with Gasteiger partial charge in [0.05, 0.1) is 25.9 Å². The lowest BCUT2D eigenvalue weighted by atomic mass is 10.0. The Labute approximate surface area is 144 Å². The molecule has 1 amide bonds. The summed E-state index contributed by atoms with van der Waals surface area (Å²) in [5.74, 6) is -0.248. The number of carbonyl (C=O) groups excluding carboxylic acids is 3. The Morgan fingerprint density at radius 2 is 1.92 bits per heavy atom. The van der Waals surface area contributed by atoms with Crippen LogP contribution in [-0.4, -0.2) is 56.5 Å². The summed E-state index contributed by atoms with van der Waals surface area (Å²) in [5.41, 5.74) is 1.08. The Balaban J connectivity index is 2.01. The SMILES string of the molecule is COC(=O)c1ccc(C(=O)N2CCOCC2)cc1-c1ccc(C=O)o1. The first-order chi connectivity index (χ1) is 12.1. The molecule has 0 bridgehead atoms. The number of aldehydes is 1. The minimum atomic E-state index is -0.551. The van der Waals surface area contributed by atoms with E-state index < -0.39 is 5.97 Å². The highest BCUT2D eigenvalue weighted by Gasteiger charge is 2.22. The van der Waals surface area contributed by atoms with E-state index in [-0.39, 0.29) is 17.2 Å². The molecular formula is C18H17NO6. The molecule has 7 heteroatoms. The second kappa shape index (κ2) is 7.31. The van der Waals surface area contributed by atoms with Gasteiger partial charge in [0.25, 0.3) is 5.91 Å². The summed E-state index contributed by atoms with van der Waals surface area (Å²) in [4.78, 5) is 37.2. The molecule has 1 aliphatic heterocycles. The number of carbonyl (C=O) groups is 3. The van der Waals surface area contributed by atoms with Gasteiger partial charge in [0, 0.05) is 24.2 Å². The molecule has 0 unspecified atom stereocenters. The van der Waals surface area contributed by atoms with Gasteiger partial charge in [-0.05, 0) is 30.3 Å². The molecule has 1 saturated heterocycles. The third kappa shape index (κ3) is 3.46. The maximum absolute atomic E-state index is 12.7. The fraction of sp³-hybridized carbons (Fsp3) is 0.278. The molecule has 0 saturated carbocycles. The minimum absolute atomic E-state index is 0.135. The van der Waals surface area contributed by atoms with Crippen LogP contribution in [0.3, 0.4) is 0 Å². The highest BCUT2D eigenvalue weighted by atomic mass is 16.5. The molecule has 130 valence electrons. The molecule has 0 atom stereocenters. The molecule has 1 aliphatic rings. The van der Waals surface area contributed by atoms with Crippen molar-refractivity contribution in [1.29, 1.82) is 0 Å². The van der Waals surface area contributed by atoms with E-state index in [1.807, 2.05) is 0 Å².